The smallest absolute Gasteiger partial charge is 0.337 e. The molecule has 3 aliphatic rings. The number of ether oxygens (including phenoxy) is 2. The molecule has 5 heteroatoms. The van der Waals surface area contributed by atoms with E-state index in [1.54, 1.807) is 7.11 Å². The van der Waals surface area contributed by atoms with Crippen molar-refractivity contribution in [1.29, 1.82) is 0 Å². The highest BCUT2D eigenvalue weighted by molar-refractivity contribution is 6.04. The Morgan fingerprint density at radius 3 is 2.44 bits per heavy atom. The lowest BCUT2D eigenvalue weighted by molar-refractivity contribution is -0.144. The first kappa shape index (κ1) is 22.5. The maximum Gasteiger partial charge on any atom is 0.337 e. The van der Waals surface area contributed by atoms with Crippen molar-refractivity contribution in [3.63, 3.8) is 0 Å². The van der Waals surface area contributed by atoms with Crippen molar-refractivity contribution in [1.82, 2.24) is 5.32 Å². The van der Waals surface area contributed by atoms with Crippen LogP contribution in [0.15, 0.2) is 77.1 Å². The number of benzene rings is 2. The molecule has 0 saturated heterocycles. The molecule has 1 aliphatic heterocycles. The Balaban J connectivity index is 1.56. The summed E-state index contributed by atoms with van der Waals surface area (Å²) < 4.78 is 11.4. The number of methoxy groups -OCH3 is 1. The van der Waals surface area contributed by atoms with Crippen LogP contribution in [-0.2, 0) is 14.3 Å². The molecule has 2 aliphatic carbocycles. The van der Waals surface area contributed by atoms with Crippen molar-refractivity contribution < 1.29 is 19.1 Å². The Hall–Kier alpha value is -3.34. The zero-order valence-corrected chi connectivity index (χ0v) is 19.8. The number of hydrogen-bond donors (Lipinski definition) is 1. The molecule has 2 aromatic rings. The fraction of sp³-hybridized carbons (Fsp3) is 0.379. The summed E-state index contributed by atoms with van der Waals surface area (Å²) in [7, 11) is 1.62. The summed E-state index contributed by atoms with van der Waals surface area (Å²) in [6.45, 7) is 1.92. The van der Waals surface area contributed by atoms with Crippen LogP contribution in [0.5, 0.6) is 5.75 Å². The molecule has 5 nitrogen and oxygen atoms in total. The molecule has 2 unspecified atom stereocenters. The molecular formula is C29H31NO4. The number of nitrogens with one attached hydrogen (secondary N) is 1. The van der Waals surface area contributed by atoms with Gasteiger partial charge in [-0.05, 0) is 68.2 Å². The number of rotatable bonds is 5. The van der Waals surface area contributed by atoms with Gasteiger partial charge in [-0.25, -0.2) is 4.79 Å². The Morgan fingerprint density at radius 2 is 1.71 bits per heavy atom. The van der Waals surface area contributed by atoms with E-state index in [1.165, 1.54) is 0 Å². The van der Waals surface area contributed by atoms with Gasteiger partial charge in [0.1, 0.15) is 11.9 Å². The summed E-state index contributed by atoms with van der Waals surface area (Å²) in [6.07, 6.45) is 5.09. The fourth-order valence-corrected chi connectivity index (χ4v) is 5.65. The second-order valence-electron chi connectivity index (χ2n) is 9.52. The molecule has 0 bridgehead atoms. The van der Waals surface area contributed by atoms with E-state index in [0.717, 1.165) is 54.6 Å². The van der Waals surface area contributed by atoms with Crippen LogP contribution in [0.1, 0.15) is 68.4 Å². The molecule has 34 heavy (non-hydrogen) atoms. The highest BCUT2D eigenvalue weighted by atomic mass is 16.5. The quantitative estimate of drug-likeness (QED) is 0.597. The molecule has 1 N–H and O–H groups in total. The van der Waals surface area contributed by atoms with Gasteiger partial charge in [0.25, 0.3) is 0 Å². The van der Waals surface area contributed by atoms with Crippen molar-refractivity contribution in [3.05, 3.63) is 88.3 Å². The number of hydrogen-bond acceptors (Lipinski definition) is 5. The predicted octanol–water partition coefficient (Wildman–Crippen LogP) is 5.54. The molecule has 1 fully saturated rings. The topological polar surface area (TPSA) is 64.6 Å². The van der Waals surface area contributed by atoms with Gasteiger partial charge in [0, 0.05) is 29.3 Å². The summed E-state index contributed by atoms with van der Waals surface area (Å²) in [6, 6.07) is 17.9. The third-order valence-corrected chi connectivity index (χ3v) is 7.32. The fourth-order valence-electron chi connectivity index (χ4n) is 5.65. The van der Waals surface area contributed by atoms with Crippen molar-refractivity contribution in [2.45, 2.75) is 63.4 Å². The lowest BCUT2D eigenvalue weighted by atomic mass is 9.71. The van der Waals surface area contributed by atoms with Gasteiger partial charge < -0.3 is 14.8 Å². The Labute approximate surface area is 200 Å². The van der Waals surface area contributed by atoms with Gasteiger partial charge in [0.2, 0.25) is 0 Å². The van der Waals surface area contributed by atoms with Crippen LogP contribution in [-0.4, -0.2) is 25.0 Å². The molecule has 1 heterocycles. The summed E-state index contributed by atoms with van der Waals surface area (Å²) in [5, 5.41) is 3.44. The van der Waals surface area contributed by atoms with Gasteiger partial charge in [-0.3, -0.25) is 4.79 Å². The van der Waals surface area contributed by atoms with Crippen LogP contribution in [0.3, 0.4) is 0 Å². The molecule has 176 valence electrons. The Kier molecular flexibility index (Phi) is 6.27. The monoisotopic (exact) mass is 457 g/mol. The van der Waals surface area contributed by atoms with Crippen LogP contribution < -0.4 is 10.1 Å². The molecule has 2 atom stereocenters. The van der Waals surface area contributed by atoms with Crippen molar-refractivity contribution >= 4 is 11.8 Å². The van der Waals surface area contributed by atoms with Crippen LogP contribution >= 0.6 is 0 Å². The first-order chi connectivity index (χ1) is 16.5. The van der Waals surface area contributed by atoms with E-state index in [1.807, 2.05) is 49.4 Å². The summed E-state index contributed by atoms with van der Waals surface area (Å²) in [5.41, 5.74) is 4.92. The van der Waals surface area contributed by atoms with E-state index in [-0.39, 0.29) is 23.8 Å². The minimum atomic E-state index is -0.468. The maximum atomic E-state index is 13.7. The number of carbonyl (C=O) groups is 2. The molecule has 1 saturated carbocycles. The van der Waals surface area contributed by atoms with E-state index in [9.17, 15) is 9.59 Å². The average molecular weight is 458 g/mol. The van der Waals surface area contributed by atoms with E-state index >= 15 is 0 Å². The number of Topliss-reactive ketones (excluding diaryl/α,β-unsaturated/α-hetero) is 1. The number of ketones is 1. The van der Waals surface area contributed by atoms with Crippen LogP contribution in [0.25, 0.3) is 0 Å². The zero-order chi connectivity index (χ0) is 23.7. The number of dihydropyridines is 1. The molecule has 0 aromatic heterocycles. The Morgan fingerprint density at radius 1 is 0.971 bits per heavy atom. The molecule has 2 aromatic carbocycles. The van der Waals surface area contributed by atoms with Gasteiger partial charge >= 0.3 is 5.97 Å². The average Bonchev–Trinajstić information content (AvgIpc) is 3.36. The lowest BCUT2D eigenvalue weighted by Crippen LogP contribution is -2.36. The first-order valence-electron chi connectivity index (χ1n) is 12.2. The molecular weight excluding hydrogens is 426 g/mol. The summed E-state index contributed by atoms with van der Waals surface area (Å²) in [4.78, 5) is 27.2. The third-order valence-electron chi connectivity index (χ3n) is 7.32. The highest BCUT2D eigenvalue weighted by Crippen LogP contribution is 2.46. The van der Waals surface area contributed by atoms with Gasteiger partial charge in [-0.1, -0.05) is 42.5 Å². The van der Waals surface area contributed by atoms with Gasteiger partial charge in [-0.2, -0.15) is 0 Å². The second kappa shape index (κ2) is 9.49. The van der Waals surface area contributed by atoms with E-state index in [2.05, 4.69) is 17.4 Å². The minimum absolute atomic E-state index is 0.0429. The lowest BCUT2D eigenvalue weighted by Gasteiger charge is -2.37. The SMILES string of the molecule is COc1cccc(C2C(C(=O)OC3CCCC3)=C(C)NC3=C2C(=O)CC(c2ccccc2)C3)c1. The van der Waals surface area contributed by atoms with E-state index in [4.69, 9.17) is 9.47 Å². The van der Waals surface area contributed by atoms with Crippen LogP contribution in [0.4, 0.5) is 0 Å². The molecule has 0 radical (unpaired) electrons. The number of esters is 1. The van der Waals surface area contributed by atoms with Crippen molar-refractivity contribution in [3.8, 4) is 5.75 Å². The number of allylic oxidation sites excluding steroid dienone is 3. The molecule has 5 rings (SSSR count). The largest absolute Gasteiger partial charge is 0.497 e. The van der Waals surface area contributed by atoms with Crippen molar-refractivity contribution in [2.24, 2.45) is 0 Å². The van der Waals surface area contributed by atoms with E-state index in [0.29, 0.717) is 23.3 Å². The normalized spacial score (nSPS) is 22.9. The summed E-state index contributed by atoms with van der Waals surface area (Å²) in [5.74, 6) is 0.100. The standard InChI is InChI=1S/C29H31NO4/c1-18-26(29(32)34-22-12-6-7-13-22)27(20-11-8-14-23(15-20)33-2)28-24(30-18)16-21(17-25(28)31)19-9-4-3-5-10-19/h3-5,8-11,14-15,21-22,27,30H,6-7,12-13,16-17H2,1-2H3. The molecule has 0 amide bonds. The third kappa shape index (κ3) is 4.27. The zero-order valence-electron chi connectivity index (χ0n) is 19.8. The van der Waals surface area contributed by atoms with Gasteiger partial charge in [0.15, 0.2) is 5.78 Å². The Bertz CT molecular complexity index is 1160. The number of carbonyl (C=O) groups excluding carboxylic acids is 2. The second-order valence-corrected chi connectivity index (χ2v) is 9.52. The van der Waals surface area contributed by atoms with Gasteiger partial charge in [0.05, 0.1) is 12.7 Å². The maximum absolute atomic E-state index is 13.7. The first-order valence-corrected chi connectivity index (χ1v) is 12.2. The highest BCUT2D eigenvalue weighted by Gasteiger charge is 2.42. The van der Waals surface area contributed by atoms with Crippen LogP contribution in [0, 0.1) is 0 Å². The van der Waals surface area contributed by atoms with Crippen molar-refractivity contribution in [2.75, 3.05) is 7.11 Å². The van der Waals surface area contributed by atoms with Gasteiger partial charge in [-0.15, -0.1) is 0 Å². The molecule has 0 spiro atoms. The van der Waals surface area contributed by atoms with Crippen LogP contribution in [0.2, 0.25) is 0 Å². The predicted molar refractivity (Wildman–Crippen MR) is 130 cm³/mol. The van der Waals surface area contributed by atoms with E-state index < -0.39 is 5.92 Å². The minimum Gasteiger partial charge on any atom is -0.497 e. The summed E-state index contributed by atoms with van der Waals surface area (Å²) >= 11 is 0.